The number of morpholine rings is 2. The Labute approximate surface area is 222 Å². The van der Waals surface area contributed by atoms with Crippen molar-refractivity contribution in [2.45, 2.75) is 58.7 Å². The van der Waals surface area contributed by atoms with Gasteiger partial charge < -0.3 is 19.7 Å². The summed E-state index contributed by atoms with van der Waals surface area (Å²) < 4.78 is 14.4. The number of ether oxygens (including phenoxy) is 2. The average Bonchev–Trinajstić information content (AvgIpc) is 3.45. The first-order valence-corrected chi connectivity index (χ1v) is 13.8. The van der Waals surface area contributed by atoms with Gasteiger partial charge in [0.25, 0.3) is 0 Å². The van der Waals surface area contributed by atoms with Gasteiger partial charge in [-0.2, -0.15) is 10.2 Å². The molecule has 2 fully saturated rings. The van der Waals surface area contributed by atoms with Crippen molar-refractivity contribution >= 4 is 0 Å². The van der Waals surface area contributed by atoms with Crippen LogP contribution in [0.15, 0.2) is 6.07 Å². The van der Waals surface area contributed by atoms with Crippen molar-refractivity contribution in [3.63, 3.8) is 0 Å². The van der Waals surface area contributed by atoms with Crippen LogP contribution in [0.5, 0.6) is 0 Å². The Kier molecular flexibility index (Phi) is 12.0. The molecule has 4 rings (SSSR count). The number of aliphatic hydroxyl groups is 2. The van der Waals surface area contributed by atoms with Crippen molar-refractivity contribution in [1.82, 2.24) is 29.4 Å². The molecule has 0 amide bonds. The smallest absolute Gasteiger partial charge is 0.0993 e. The van der Waals surface area contributed by atoms with E-state index in [9.17, 15) is 10.2 Å². The SMILES string of the molecule is CCc1c(C)c([C@H](O)CCN2CCOCC2)nn1C.CCc1cc([C@H](O)CCN2CCOCC2)nn1C. The lowest BCUT2D eigenvalue weighted by Gasteiger charge is -2.27. The molecule has 0 spiro atoms. The van der Waals surface area contributed by atoms with Crippen LogP contribution in [0.4, 0.5) is 0 Å². The first-order valence-electron chi connectivity index (χ1n) is 13.8. The van der Waals surface area contributed by atoms with Gasteiger partial charge in [0.1, 0.15) is 0 Å². The Hall–Kier alpha value is -1.82. The van der Waals surface area contributed by atoms with Gasteiger partial charge in [0.2, 0.25) is 0 Å². The molecule has 0 aromatic carbocycles. The number of hydrogen-bond acceptors (Lipinski definition) is 8. The Bertz CT molecular complexity index is 934. The van der Waals surface area contributed by atoms with E-state index in [1.807, 2.05) is 29.5 Å². The summed E-state index contributed by atoms with van der Waals surface area (Å²) in [5.74, 6) is 0. The first-order chi connectivity index (χ1) is 17.8. The third-order valence-electron chi connectivity index (χ3n) is 7.46. The second kappa shape index (κ2) is 14.9. The standard InChI is InChI=1S/C14H25N3O2.C13H23N3O2/c1-4-12-11(2)14(15-16(12)3)13(18)5-6-17-7-9-19-10-8-17;1-3-11-10-12(14-15(11)2)13(17)4-5-16-6-8-18-9-7-16/h13,18H,4-10H2,1-3H3;10,13,17H,3-9H2,1-2H3/t2*13-/m11/s1. The Morgan fingerprint density at radius 1 is 0.811 bits per heavy atom. The maximum atomic E-state index is 10.3. The van der Waals surface area contributed by atoms with Gasteiger partial charge in [0.05, 0.1) is 50.0 Å². The fourth-order valence-electron chi connectivity index (χ4n) is 5.07. The first kappa shape index (κ1) is 29.7. The highest BCUT2D eigenvalue weighted by Gasteiger charge is 2.20. The second-order valence-corrected chi connectivity index (χ2v) is 9.99. The van der Waals surface area contributed by atoms with Gasteiger partial charge in [-0.25, -0.2) is 0 Å². The molecule has 2 aromatic rings. The van der Waals surface area contributed by atoms with Crippen LogP contribution in [-0.4, -0.2) is 105 Å². The van der Waals surface area contributed by atoms with Crippen LogP contribution in [0.2, 0.25) is 0 Å². The number of nitrogens with zero attached hydrogens (tertiary/aromatic N) is 6. The lowest BCUT2D eigenvalue weighted by atomic mass is 10.1. The molecule has 2 aromatic heterocycles. The number of rotatable bonds is 10. The van der Waals surface area contributed by atoms with Crippen molar-refractivity contribution in [1.29, 1.82) is 0 Å². The quantitative estimate of drug-likeness (QED) is 0.489. The van der Waals surface area contributed by atoms with Crippen LogP contribution < -0.4 is 0 Å². The normalized spacial score (nSPS) is 18.9. The Morgan fingerprint density at radius 2 is 1.35 bits per heavy atom. The van der Waals surface area contributed by atoms with E-state index in [-0.39, 0.29) is 0 Å². The molecule has 2 aliphatic heterocycles. The lowest BCUT2D eigenvalue weighted by molar-refractivity contribution is 0.0296. The molecule has 0 bridgehead atoms. The molecule has 210 valence electrons. The van der Waals surface area contributed by atoms with Crippen molar-refractivity contribution in [3.05, 3.63) is 34.4 Å². The van der Waals surface area contributed by atoms with E-state index in [2.05, 4.69) is 40.8 Å². The van der Waals surface area contributed by atoms with Gasteiger partial charge in [-0.3, -0.25) is 19.2 Å². The number of aryl methyl sites for hydroxylation is 3. The summed E-state index contributed by atoms with van der Waals surface area (Å²) in [6, 6.07) is 2.00. The van der Waals surface area contributed by atoms with Crippen molar-refractivity contribution in [3.8, 4) is 0 Å². The van der Waals surface area contributed by atoms with Crippen LogP contribution in [0, 0.1) is 6.92 Å². The maximum Gasteiger partial charge on any atom is 0.0993 e. The van der Waals surface area contributed by atoms with E-state index >= 15 is 0 Å². The van der Waals surface area contributed by atoms with E-state index in [1.165, 1.54) is 5.69 Å². The van der Waals surface area contributed by atoms with Gasteiger partial charge in [-0.1, -0.05) is 13.8 Å². The number of aromatic nitrogens is 4. The van der Waals surface area contributed by atoms with Gasteiger partial charge in [0, 0.05) is 64.8 Å². The molecule has 0 aliphatic carbocycles. The monoisotopic (exact) mass is 520 g/mol. The van der Waals surface area contributed by atoms with Crippen molar-refractivity contribution in [2.24, 2.45) is 14.1 Å². The topological polar surface area (TPSA) is 101 Å². The predicted octanol–water partition coefficient (Wildman–Crippen LogP) is 1.78. The molecule has 37 heavy (non-hydrogen) atoms. The third-order valence-corrected chi connectivity index (χ3v) is 7.46. The molecule has 2 N–H and O–H groups in total. The minimum atomic E-state index is -0.464. The molecular weight excluding hydrogens is 472 g/mol. The zero-order valence-electron chi connectivity index (χ0n) is 23.5. The predicted molar refractivity (Wildman–Crippen MR) is 144 cm³/mol. The van der Waals surface area contributed by atoms with Gasteiger partial charge >= 0.3 is 0 Å². The second-order valence-electron chi connectivity index (χ2n) is 9.99. The summed E-state index contributed by atoms with van der Waals surface area (Å²) in [4.78, 5) is 4.67. The van der Waals surface area contributed by atoms with E-state index in [0.29, 0.717) is 0 Å². The fourth-order valence-corrected chi connectivity index (χ4v) is 5.07. The van der Waals surface area contributed by atoms with Crippen molar-refractivity contribution in [2.75, 3.05) is 65.7 Å². The molecule has 2 saturated heterocycles. The van der Waals surface area contributed by atoms with Gasteiger partial charge in [-0.15, -0.1) is 0 Å². The van der Waals surface area contributed by atoms with Gasteiger partial charge in [0.15, 0.2) is 0 Å². The summed E-state index contributed by atoms with van der Waals surface area (Å²) in [5, 5.41) is 29.3. The highest BCUT2D eigenvalue weighted by molar-refractivity contribution is 5.26. The molecule has 10 heteroatoms. The molecule has 2 atom stereocenters. The minimum Gasteiger partial charge on any atom is -0.387 e. The van der Waals surface area contributed by atoms with Crippen LogP contribution in [0.3, 0.4) is 0 Å². The van der Waals surface area contributed by atoms with Crippen LogP contribution >= 0.6 is 0 Å². The largest absolute Gasteiger partial charge is 0.387 e. The minimum absolute atomic E-state index is 0.459. The summed E-state index contributed by atoms with van der Waals surface area (Å²) >= 11 is 0. The summed E-state index contributed by atoms with van der Waals surface area (Å²) in [6.45, 7) is 15.2. The molecule has 0 saturated carbocycles. The third kappa shape index (κ3) is 8.59. The van der Waals surface area contributed by atoms with Crippen LogP contribution in [-0.2, 0) is 36.4 Å². The lowest BCUT2D eigenvalue weighted by Crippen LogP contribution is -2.37. The molecular formula is C27H48N6O4. The van der Waals surface area contributed by atoms with E-state index in [4.69, 9.17) is 9.47 Å². The number of hydrogen-bond donors (Lipinski definition) is 2. The molecule has 4 heterocycles. The molecule has 0 radical (unpaired) electrons. The summed E-state index contributed by atoms with van der Waals surface area (Å²) in [6.07, 6.45) is 2.44. The maximum absolute atomic E-state index is 10.3. The van der Waals surface area contributed by atoms with Crippen LogP contribution in [0.1, 0.15) is 67.2 Å². The molecule has 10 nitrogen and oxygen atoms in total. The Balaban J connectivity index is 0.000000206. The van der Waals surface area contributed by atoms with E-state index in [1.54, 1.807) is 0 Å². The molecule has 2 aliphatic rings. The summed E-state index contributed by atoms with van der Waals surface area (Å²) in [5.41, 5.74) is 5.14. The highest BCUT2D eigenvalue weighted by atomic mass is 16.5. The zero-order valence-corrected chi connectivity index (χ0v) is 23.5. The fraction of sp³-hybridized carbons (Fsp3) is 0.778. The molecule has 0 unspecified atom stereocenters. The van der Waals surface area contributed by atoms with Crippen molar-refractivity contribution < 1.29 is 19.7 Å². The zero-order chi connectivity index (χ0) is 26.8. The number of aliphatic hydroxyl groups excluding tert-OH is 2. The van der Waals surface area contributed by atoms with E-state index in [0.717, 1.165) is 114 Å². The van der Waals surface area contributed by atoms with Gasteiger partial charge in [-0.05, 0) is 44.2 Å². The average molecular weight is 521 g/mol. The van der Waals surface area contributed by atoms with Crippen LogP contribution in [0.25, 0.3) is 0 Å². The van der Waals surface area contributed by atoms with E-state index < -0.39 is 12.2 Å². The summed E-state index contributed by atoms with van der Waals surface area (Å²) in [7, 11) is 3.88. The Morgan fingerprint density at radius 3 is 1.81 bits per heavy atom. The highest BCUT2D eigenvalue weighted by Crippen LogP contribution is 2.23.